The third kappa shape index (κ3) is 2.12. The van der Waals surface area contributed by atoms with Gasteiger partial charge in [0.05, 0.1) is 0 Å². The van der Waals surface area contributed by atoms with E-state index in [0.29, 0.717) is 0 Å². The smallest absolute Gasteiger partial charge is 0.504 e. The Balaban J connectivity index is 2.58. The number of ether oxygens (including phenoxy) is 2. The van der Waals surface area contributed by atoms with Crippen molar-refractivity contribution in [3.63, 3.8) is 0 Å². The first-order valence-electron chi connectivity index (χ1n) is 4.53. The fourth-order valence-corrected chi connectivity index (χ4v) is 1.42. The average molecular weight is 254 g/mol. The summed E-state index contributed by atoms with van der Waals surface area (Å²) in [6, 6.07) is 2.19. The summed E-state index contributed by atoms with van der Waals surface area (Å²) in [5, 5.41) is 26.5. The molecule has 0 saturated carbocycles. The van der Waals surface area contributed by atoms with Gasteiger partial charge in [-0.25, -0.2) is 9.59 Å². The predicted molar refractivity (Wildman–Crippen MR) is 55.2 cm³/mol. The fourth-order valence-electron chi connectivity index (χ4n) is 1.42. The van der Waals surface area contributed by atoms with Crippen LogP contribution in [-0.4, -0.2) is 27.6 Å². The summed E-state index contributed by atoms with van der Waals surface area (Å²) in [6.45, 7) is 0. The number of carbonyl (C=O) groups is 2. The SMILES string of the molecule is O=C(O)Oc1cc(OC(=O)O)c2c(O)coc2c1. The van der Waals surface area contributed by atoms with E-state index in [0.717, 1.165) is 12.3 Å². The van der Waals surface area contributed by atoms with Gasteiger partial charge >= 0.3 is 12.3 Å². The van der Waals surface area contributed by atoms with Crippen LogP contribution in [0, 0.1) is 0 Å². The Morgan fingerprint density at radius 2 is 1.78 bits per heavy atom. The minimum absolute atomic E-state index is 0.00939. The molecule has 0 bridgehead atoms. The number of furan rings is 1. The van der Waals surface area contributed by atoms with Crippen molar-refractivity contribution in [3.05, 3.63) is 18.4 Å². The van der Waals surface area contributed by atoms with Gasteiger partial charge in [0.25, 0.3) is 0 Å². The molecule has 3 N–H and O–H groups in total. The topological polar surface area (TPSA) is 126 Å². The second-order valence-electron chi connectivity index (χ2n) is 3.15. The molecule has 0 atom stereocenters. The summed E-state index contributed by atoms with van der Waals surface area (Å²) in [5.74, 6) is -0.814. The summed E-state index contributed by atoms with van der Waals surface area (Å²) < 4.78 is 13.7. The van der Waals surface area contributed by atoms with Gasteiger partial charge < -0.3 is 29.2 Å². The summed E-state index contributed by atoms with van der Waals surface area (Å²) >= 11 is 0. The maximum Gasteiger partial charge on any atom is 0.511 e. The molecule has 8 nitrogen and oxygen atoms in total. The predicted octanol–water partition coefficient (Wildman–Crippen LogP) is 2.25. The summed E-state index contributed by atoms with van der Waals surface area (Å²) in [4.78, 5) is 20.9. The number of hydrogen-bond donors (Lipinski definition) is 3. The van der Waals surface area contributed by atoms with Crippen LogP contribution in [0.15, 0.2) is 22.8 Å². The van der Waals surface area contributed by atoms with E-state index in [1.165, 1.54) is 6.07 Å². The highest BCUT2D eigenvalue weighted by Gasteiger charge is 2.17. The van der Waals surface area contributed by atoms with Crippen LogP contribution >= 0.6 is 0 Å². The van der Waals surface area contributed by atoms with E-state index in [2.05, 4.69) is 9.47 Å². The molecule has 18 heavy (non-hydrogen) atoms. The lowest BCUT2D eigenvalue weighted by Gasteiger charge is -2.04. The Morgan fingerprint density at radius 3 is 2.39 bits per heavy atom. The molecule has 1 heterocycles. The maximum absolute atomic E-state index is 10.5. The van der Waals surface area contributed by atoms with Gasteiger partial charge in [-0.15, -0.1) is 0 Å². The highest BCUT2D eigenvalue weighted by molar-refractivity contribution is 5.92. The highest BCUT2D eigenvalue weighted by Crippen LogP contribution is 2.38. The van der Waals surface area contributed by atoms with Crippen molar-refractivity contribution in [2.45, 2.75) is 0 Å². The van der Waals surface area contributed by atoms with Crippen LogP contribution in [0.25, 0.3) is 11.0 Å². The zero-order chi connectivity index (χ0) is 13.3. The third-order valence-electron chi connectivity index (χ3n) is 2.00. The molecule has 0 unspecified atom stereocenters. The van der Waals surface area contributed by atoms with Crippen LogP contribution in [0.2, 0.25) is 0 Å². The van der Waals surface area contributed by atoms with Crippen LogP contribution in [0.4, 0.5) is 9.59 Å². The molecule has 2 aromatic rings. The Bertz CT molecular complexity index is 626. The number of carboxylic acid groups (broad SMARTS) is 2. The zero-order valence-electron chi connectivity index (χ0n) is 8.61. The molecular formula is C10H6O8. The average Bonchev–Trinajstić information content (AvgIpc) is 2.58. The number of hydrogen-bond acceptors (Lipinski definition) is 6. The lowest BCUT2D eigenvalue weighted by Crippen LogP contribution is -2.05. The van der Waals surface area contributed by atoms with E-state index in [-0.39, 0.29) is 28.2 Å². The maximum atomic E-state index is 10.5. The summed E-state index contributed by atoms with van der Waals surface area (Å²) in [6.07, 6.45) is -2.24. The quantitative estimate of drug-likeness (QED) is 0.550. The normalized spacial score (nSPS) is 10.2. The van der Waals surface area contributed by atoms with Crippen molar-refractivity contribution in [1.82, 2.24) is 0 Å². The van der Waals surface area contributed by atoms with E-state index < -0.39 is 12.3 Å². The molecule has 0 aliphatic rings. The molecule has 1 aromatic heterocycles. The van der Waals surface area contributed by atoms with Crippen LogP contribution in [0.1, 0.15) is 0 Å². The molecule has 0 fully saturated rings. The van der Waals surface area contributed by atoms with E-state index in [1.54, 1.807) is 0 Å². The van der Waals surface area contributed by atoms with Crippen LogP contribution in [0.5, 0.6) is 17.2 Å². The molecule has 0 radical (unpaired) electrons. The molecule has 0 aliphatic heterocycles. The molecule has 0 amide bonds. The first-order chi connectivity index (χ1) is 8.47. The number of aromatic hydroxyl groups is 1. The van der Waals surface area contributed by atoms with Crippen molar-refractivity contribution in [2.24, 2.45) is 0 Å². The lowest BCUT2D eigenvalue weighted by atomic mass is 10.2. The molecular weight excluding hydrogens is 248 g/mol. The molecule has 0 spiro atoms. The van der Waals surface area contributed by atoms with Crippen molar-refractivity contribution >= 4 is 23.3 Å². The molecule has 94 valence electrons. The molecule has 2 rings (SSSR count). The minimum atomic E-state index is -1.62. The van der Waals surface area contributed by atoms with Crippen molar-refractivity contribution in [1.29, 1.82) is 0 Å². The van der Waals surface area contributed by atoms with Crippen LogP contribution < -0.4 is 9.47 Å². The Morgan fingerprint density at radius 1 is 1.11 bits per heavy atom. The standard InChI is InChI=1S/C10H6O8/c11-5-3-16-6-1-4(17-9(12)13)2-7(8(5)6)18-10(14)15/h1-3,11H,(H,12,13)(H,14,15). The summed E-state index contributed by atoms with van der Waals surface area (Å²) in [7, 11) is 0. The Hall–Kier alpha value is -2.90. The Kier molecular flexibility index (Phi) is 2.68. The molecule has 0 saturated heterocycles. The monoisotopic (exact) mass is 254 g/mol. The van der Waals surface area contributed by atoms with Gasteiger partial charge in [0.2, 0.25) is 0 Å². The number of fused-ring (bicyclic) bond motifs is 1. The van der Waals surface area contributed by atoms with Crippen molar-refractivity contribution in [3.8, 4) is 17.2 Å². The van der Waals surface area contributed by atoms with Gasteiger partial charge in [-0.3, -0.25) is 0 Å². The zero-order valence-corrected chi connectivity index (χ0v) is 8.61. The molecule has 1 aromatic carbocycles. The first-order valence-corrected chi connectivity index (χ1v) is 4.53. The number of rotatable bonds is 2. The van der Waals surface area contributed by atoms with Gasteiger partial charge in [0.1, 0.15) is 23.0 Å². The highest BCUT2D eigenvalue weighted by atomic mass is 16.7. The first kappa shape index (κ1) is 11.6. The van der Waals surface area contributed by atoms with Crippen molar-refractivity contribution in [2.75, 3.05) is 0 Å². The molecule has 8 heteroatoms. The van der Waals surface area contributed by atoms with Crippen molar-refractivity contribution < 1.29 is 38.8 Å². The van der Waals surface area contributed by atoms with E-state index >= 15 is 0 Å². The minimum Gasteiger partial charge on any atom is -0.504 e. The Labute approximate surface area is 98.6 Å². The summed E-state index contributed by atoms with van der Waals surface area (Å²) in [5.41, 5.74) is 0.0301. The largest absolute Gasteiger partial charge is 0.511 e. The lowest BCUT2D eigenvalue weighted by molar-refractivity contribution is 0.143. The second kappa shape index (κ2) is 4.17. The van der Waals surface area contributed by atoms with E-state index in [9.17, 15) is 14.7 Å². The second-order valence-corrected chi connectivity index (χ2v) is 3.15. The molecule has 0 aliphatic carbocycles. The third-order valence-corrected chi connectivity index (χ3v) is 2.00. The van der Waals surface area contributed by atoms with Gasteiger partial charge in [-0.1, -0.05) is 0 Å². The van der Waals surface area contributed by atoms with Crippen LogP contribution in [0.3, 0.4) is 0 Å². The van der Waals surface area contributed by atoms with E-state index in [1.807, 2.05) is 0 Å². The van der Waals surface area contributed by atoms with Gasteiger partial charge in [-0.2, -0.15) is 0 Å². The van der Waals surface area contributed by atoms with Crippen LogP contribution in [-0.2, 0) is 0 Å². The van der Waals surface area contributed by atoms with Gasteiger partial charge in [0, 0.05) is 12.1 Å². The number of benzene rings is 1. The van der Waals surface area contributed by atoms with Gasteiger partial charge in [-0.05, 0) is 0 Å². The van der Waals surface area contributed by atoms with Gasteiger partial charge in [0.15, 0.2) is 11.5 Å². The fraction of sp³-hybridized carbons (Fsp3) is 0. The van der Waals surface area contributed by atoms with E-state index in [4.69, 9.17) is 14.6 Å².